The number of ether oxygens (including phenoxy) is 3. The molecule has 9 nitrogen and oxygen atoms in total. The van der Waals surface area contributed by atoms with Gasteiger partial charge in [-0.05, 0) is 42.7 Å². The molecule has 9 heteroatoms. The average molecular weight is 593 g/mol. The van der Waals surface area contributed by atoms with Gasteiger partial charge in [0.15, 0.2) is 0 Å². The number of imide groups is 1. The molecule has 0 aromatic heterocycles. The van der Waals surface area contributed by atoms with Crippen molar-refractivity contribution in [3.63, 3.8) is 0 Å². The molecule has 0 spiro atoms. The Morgan fingerprint density at radius 1 is 0.860 bits per heavy atom. The Hall–Kier alpha value is -3.88. The van der Waals surface area contributed by atoms with Gasteiger partial charge < -0.3 is 19.1 Å². The molecule has 2 aliphatic rings. The molecule has 4 rings (SSSR count). The summed E-state index contributed by atoms with van der Waals surface area (Å²) in [7, 11) is 1.39. The SMILES string of the molecule is CCCCCCCCCCCCCCOC(=O)c1ccc(OC)c(N2C(=O)OC(C(=O)N3CCc4ccccc43)C2=O)c1. The van der Waals surface area contributed by atoms with Crippen LogP contribution in [0.1, 0.15) is 99.9 Å². The average Bonchev–Trinajstić information content (AvgIpc) is 3.58. The molecule has 0 radical (unpaired) electrons. The summed E-state index contributed by atoms with van der Waals surface area (Å²) in [5.41, 5.74) is 1.87. The number of hydrogen-bond donors (Lipinski definition) is 0. The topological polar surface area (TPSA) is 102 Å². The first kappa shape index (κ1) is 32.0. The predicted octanol–water partition coefficient (Wildman–Crippen LogP) is 6.99. The number of cyclic esters (lactones) is 1. The number of benzene rings is 2. The second-order valence-electron chi connectivity index (χ2n) is 11.2. The summed E-state index contributed by atoms with van der Waals surface area (Å²) in [5, 5.41) is 0. The highest BCUT2D eigenvalue weighted by Gasteiger charge is 2.49. The number of anilines is 2. The van der Waals surface area contributed by atoms with Gasteiger partial charge in [-0.3, -0.25) is 9.59 Å². The van der Waals surface area contributed by atoms with Crippen molar-refractivity contribution in [1.82, 2.24) is 0 Å². The van der Waals surface area contributed by atoms with E-state index >= 15 is 0 Å². The van der Waals surface area contributed by atoms with Crippen LogP contribution in [0.3, 0.4) is 0 Å². The quantitative estimate of drug-likeness (QED) is 0.111. The molecule has 0 N–H and O–H groups in total. The minimum atomic E-state index is -1.62. The number of esters is 1. The molecule has 43 heavy (non-hydrogen) atoms. The molecule has 3 amide bonds. The highest BCUT2D eigenvalue weighted by atomic mass is 16.6. The molecule has 1 atom stereocenters. The molecule has 232 valence electrons. The Morgan fingerprint density at radius 3 is 2.19 bits per heavy atom. The first-order valence-corrected chi connectivity index (χ1v) is 15.7. The number of hydrogen-bond acceptors (Lipinski definition) is 7. The van der Waals surface area contributed by atoms with Gasteiger partial charge in [0, 0.05) is 12.2 Å². The highest BCUT2D eigenvalue weighted by Crippen LogP contribution is 2.35. The summed E-state index contributed by atoms with van der Waals surface area (Å²) in [6.45, 7) is 2.92. The van der Waals surface area contributed by atoms with Gasteiger partial charge in [0.1, 0.15) is 5.75 Å². The molecule has 2 aromatic carbocycles. The van der Waals surface area contributed by atoms with E-state index in [4.69, 9.17) is 14.2 Å². The van der Waals surface area contributed by atoms with Crippen molar-refractivity contribution in [1.29, 1.82) is 0 Å². The maximum atomic E-state index is 13.3. The second kappa shape index (κ2) is 16.1. The number of para-hydroxylation sites is 1. The van der Waals surface area contributed by atoms with Gasteiger partial charge in [0.2, 0.25) is 0 Å². The summed E-state index contributed by atoms with van der Waals surface area (Å²) in [6, 6.07) is 11.8. The van der Waals surface area contributed by atoms with Crippen LogP contribution in [0, 0.1) is 0 Å². The second-order valence-corrected chi connectivity index (χ2v) is 11.2. The standard InChI is InChI=1S/C34H44N2O7/c1-3-4-5-6-7-8-9-10-11-12-13-16-23-42-33(39)26-19-20-29(41-2)28(24-26)36-32(38)30(43-34(36)40)31(37)35-22-21-25-17-14-15-18-27(25)35/h14-15,17-20,24,30H,3-13,16,21-23H2,1-2H3. The number of nitrogens with zero attached hydrogens (tertiary/aromatic N) is 2. The molecule has 2 aromatic rings. The molecule has 1 unspecified atom stereocenters. The molecular formula is C34H44N2O7. The van der Waals surface area contributed by atoms with Crippen molar-refractivity contribution in [3.8, 4) is 5.75 Å². The van der Waals surface area contributed by atoms with Crippen LogP contribution in [-0.2, 0) is 25.5 Å². The fourth-order valence-electron chi connectivity index (χ4n) is 5.68. The lowest BCUT2D eigenvalue weighted by atomic mass is 10.1. The molecule has 1 saturated heterocycles. The summed E-state index contributed by atoms with van der Waals surface area (Å²) < 4.78 is 16.1. The molecule has 0 aliphatic carbocycles. The third kappa shape index (κ3) is 8.15. The lowest BCUT2D eigenvalue weighted by Crippen LogP contribution is -2.43. The van der Waals surface area contributed by atoms with E-state index in [2.05, 4.69) is 6.92 Å². The maximum absolute atomic E-state index is 13.3. The number of methoxy groups -OCH3 is 1. The normalized spacial score (nSPS) is 15.9. The van der Waals surface area contributed by atoms with Gasteiger partial charge in [-0.25, -0.2) is 14.5 Å². The summed E-state index contributed by atoms with van der Waals surface area (Å²) in [6.07, 6.45) is 12.6. The number of rotatable bonds is 17. The van der Waals surface area contributed by atoms with Crippen LogP contribution in [0.5, 0.6) is 5.75 Å². The lowest BCUT2D eigenvalue weighted by molar-refractivity contribution is -0.134. The van der Waals surface area contributed by atoms with E-state index in [1.54, 1.807) is 6.07 Å². The molecule has 0 saturated carbocycles. The van der Waals surface area contributed by atoms with Gasteiger partial charge in [0.05, 0.1) is 25.0 Å². The fraction of sp³-hybridized carbons (Fsp3) is 0.529. The van der Waals surface area contributed by atoms with Crippen molar-refractivity contribution < 1.29 is 33.4 Å². The Kier molecular flexibility index (Phi) is 12.0. The number of carbonyl (C=O) groups excluding carboxylic acids is 4. The first-order chi connectivity index (χ1) is 21.0. The number of fused-ring (bicyclic) bond motifs is 1. The van der Waals surface area contributed by atoms with E-state index in [-0.39, 0.29) is 23.6 Å². The highest BCUT2D eigenvalue weighted by molar-refractivity contribution is 6.27. The van der Waals surface area contributed by atoms with Gasteiger partial charge in [-0.2, -0.15) is 0 Å². The zero-order chi connectivity index (χ0) is 30.6. The summed E-state index contributed by atoms with van der Waals surface area (Å²) in [4.78, 5) is 54.5. The van der Waals surface area contributed by atoms with Gasteiger partial charge in [-0.1, -0.05) is 95.8 Å². The van der Waals surface area contributed by atoms with Crippen LogP contribution in [-0.4, -0.2) is 50.2 Å². The van der Waals surface area contributed by atoms with Crippen LogP contribution in [0.15, 0.2) is 42.5 Å². The Labute approximate surface area is 254 Å². The van der Waals surface area contributed by atoms with Crippen LogP contribution in [0.2, 0.25) is 0 Å². The Balaban J connectivity index is 1.26. The van der Waals surface area contributed by atoms with Crippen molar-refractivity contribution in [2.24, 2.45) is 0 Å². The molecule has 0 bridgehead atoms. The number of amides is 3. The van der Waals surface area contributed by atoms with Crippen LogP contribution in [0.25, 0.3) is 0 Å². The monoisotopic (exact) mass is 592 g/mol. The smallest absolute Gasteiger partial charge is 0.422 e. The molecular weight excluding hydrogens is 548 g/mol. The van der Waals surface area contributed by atoms with Crippen molar-refractivity contribution in [2.75, 3.05) is 30.1 Å². The van der Waals surface area contributed by atoms with Crippen LogP contribution >= 0.6 is 0 Å². The largest absolute Gasteiger partial charge is 0.495 e. The lowest BCUT2D eigenvalue weighted by Gasteiger charge is -2.19. The van der Waals surface area contributed by atoms with Crippen molar-refractivity contribution >= 4 is 35.3 Å². The Bertz CT molecular complexity index is 1280. The van der Waals surface area contributed by atoms with E-state index in [9.17, 15) is 19.2 Å². The van der Waals surface area contributed by atoms with E-state index < -0.39 is 30.0 Å². The number of unbranched alkanes of at least 4 members (excludes halogenated alkanes) is 11. The van der Waals surface area contributed by atoms with Crippen molar-refractivity contribution in [3.05, 3.63) is 53.6 Å². The van der Waals surface area contributed by atoms with E-state index in [1.165, 1.54) is 88.0 Å². The predicted molar refractivity (Wildman–Crippen MR) is 165 cm³/mol. The maximum Gasteiger partial charge on any atom is 0.422 e. The molecule has 2 heterocycles. The summed E-state index contributed by atoms with van der Waals surface area (Å²) in [5.74, 6) is -1.82. The fourth-order valence-corrected chi connectivity index (χ4v) is 5.68. The van der Waals surface area contributed by atoms with Crippen LogP contribution in [0.4, 0.5) is 16.2 Å². The third-order valence-electron chi connectivity index (χ3n) is 8.11. The third-order valence-corrected chi connectivity index (χ3v) is 8.11. The molecule has 1 fully saturated rings. The minimum Gasteiger partial charge on any atom is -0.495 e. The minimum absolute atomic E-state index is 0.0226. The van der Waals surface area contributed by atoms with Gasteiger partial charge in [0.25, 0.3) is 17.9 Å². The van der Waals surface area contributed by atoms with E-state index in [0.717, 1.165) is 29.7 Å². The molecule has 2 aliphatic heterocycles. The first-order valence-electron chi connectivity index (χ1n) is 15.7. The Morgan fingerprint density at radius 2 is 1.51 bits per heavy atom. The van der Waals surface area contributed by atoms with E-state index in [0.29, 0.717) is 18.7 Å². The van der Waals surface area contributed by atoms with Crippen LogP contribution < -0.4 is 14.5 Å². The van der Waals surface area contributed by atoms with E-state index in [1.807, 2.05) is 18.2 Å². The zero-order valence-corrected chi connectivity index (χ0v) is 25.5. The van der Waals surface area contributed by atoms with Gasteiger partial charge >= 0.3 is 12.1 Å². The summed E-state index contributed by atoms with van der Waals surface area (Å²) >= 11 is 0. The number of carbonyl (C=O) groups is 4. The zero-order valence-electron chi connectivity index (χ0n) is 25.5. The van der Waals surface area contributed by atoms with Gasteiger partial charge in [-0.15, -0.1) is 0 Å². The van der Waals surface area contributed by atoms with Crippen molar-refractivity contribution in [2.45, 2.75) is 96.5 Å².